The number of aliphatic imine (C=N–C) groups is 1. The molecule has 7 rings (SSSR count). The van der Waals surface area contributed by atoms with Crippen LogP contribution in [-0.4, -0.2) is 113 Å². The number of benzene rings is 4. The number of fused-ring (bicyclic) bond motifs is 1. The number of carbonyl (C=O) groups excluding carboxylic acids is 3. The number of β-amino-alcohol motifs (C(OH)–C–C–N with tert-alkyl or cyclic N) is 2. The molecule has 14 nitrogen and oxygen atoms in total. The van der Waals surface area contributed by atoms with Crippen molar-refractivity contribution in [1.82, 2.24) is 15.1 Å². The second kappa shape index (κ2) is 18.4. The van der Waals surface area contributed by atoms with Crippen molar-refractivity contribution in [1.29, 1.82) is 10.8 Å². The summed E-state index contributed by atoms with van der Waals surface area (Å²) in [6.45, 7) is 2.82. The molecule has 60 heavy (non-hydrogen) atoms. The van der Waals surface area contributed by atoms with Crippen molar-refractivity contribution in [3.8, 4) is 11.5 Å². The average Bonchev–Trinajstić information content (AvgIpc) is 3.55. The lowest BCUT2D eigenvalue weighted by Crippen LogP contribution is -2.42. The van der Waals surface area contributed by atoms with E-state index in [4.69, 9.17) is 31.5 Å². The molecule has 3 aliphatic rings. The summed E-state index contributed by atoms with van der Waals surface area (Å²) in [4.78, 5) is 49.2. The Morgan fingerprint density at radius 3 is 2.32 bits per heavy atom. The zero-order chi connectivity index (χ0) is 42.5. The molecule has 0 aromatic heterocycles. The van der Waals surface area contributed by atoms with E-state index in [9.17, 15) is 30.0 Å². The van der Waals surface area contributed by atoms with Crippen molar-refractivity contribution >= 4 is 52.4 Å². The third-order valence-electron chi connectivity index (χ3n) is 11.1. The van der Waals surface area contributed by atoms with Gasteiger partial charge in [0.1, 0.15) is 29.2 Å². The monoisotopic (exact) mass is 833 g/mol. The van der Waals surface area contributed by atoms with Crippen LogP contribution >= 0.6 is 11.6 Å². The maximum atomic E-state index is 13.6. The Bertz CT molecular complexity index is 2300. The Hall–Kier alpha value is -6.09. The van der Waals surface area contributed by atoms with Gasteiger partial charge in [0.2, 0.25) is 5.91 Å². The first-order valence-electron chi connectivity index (χ1n) is 19.9. The molecule has 4 aromatic carbocycles. The van der Waals surface area contributed by atoms with Crippen LogP contribution in [0.25, 0.3) is 0 Å². The van der Waals surface area contributed by atoms with Gasteiger partial charge in [-0.1, -0.05) is 54.1 Å². The molecule has 2 fully saturated rings. The SMILES string of the molecule is COc1ccc2c(c1)C(c1ccc(Cl)cc1)=N[C@@H](CC(=O)NCc1cccc(C3CCN(C(=O)c4cccc(OCC(=O)N5C[C@@H](O)[C@@H](O)C5)c4)CC3)c1)C(=N)N2C(C)=N. The standard InChI is InChI=1S/C45H48ClN7O7/c1-27(47)53-38-14-13-34(59-2)21-36(38)43(30-9-11-33(46)12-10-30)50-37(44(53)48)22-41(56)49-23-28-5-3-6-31(19-28)29-15-17-51(18-16-29)45(58)32-7-4-8-35(20-32)60-26-42(57)52-24-39(54)40(55)25-52/h3-14,19-21,29,37,39-40,47-48,54-55H,15-18,22-26H2,1-2H3,(H,49,56)/t37-,39-,40+/m0/s1. The van der Waals surface area contributed by atoms with Gasteiger partial charge in [0.25, 0.3) is 11.8 Å². The van der Waals surface area contributed by atoms with Gasteiger partial charge in [-0.25, -0.2) is 0 Å². The Balaban J connectivity index is 0.959. The number of piperidine rings is 1. The number of carbonyl (C=O) groups is 3. The van der Waals surface area contributed by atoms with E-state index >= 15 is 0 Å². The van der Waals surface area contributed by atoms with Crippen LogP contribution in [0.4, 0.5) is 5.69 Å². The van der Waals surface area contributed by atoms with Gasteiger partial charge in [-0.05, 0) is 85.3 Å². The minimum Gasteiger partial charge on any atom is -0.497 e. The quantitative estimate of drug-likeness (QED) is 0.103. The number of aliphatic hydroxyl groups excluding tert-OH is 2. The number of nitrogens with zero attached hydrogens (tertiary/aromatic N) is 4. The minimum absolute atomic E-state index is 0.00901. The lowest BCUT2D eigenvalue weighted by molar-refractivity contribution is -0.132. The number of hydrogen-bond donors (Lipinski definition) is 5. The number of rotatable bonds is 11. The molecule has 3 atom stereocenters. The normalized spacial score (nSPS) is 19.3. The maximum Gasteiger partial charge on any atom is 0.260 e. The van der Waals surface area contributed by atoms with E-state index in [0.29, 0.717) is 52.1 Å². The zero-order valence-corrected chi connectivity index (χ0v) is 34.2. The van der Waals surface area contributed by atoms with Crippen LogP contribution in [-0.2, 0) is 16.1 Å². The Kier molecular flexibility index (Phi) is 12.9. The number of amides is 3. The number of amidine groups is 2. The number of methoxy groups -OCH3 is 1. The number of hydrogen-bond acceptors (Lipinski definition) is 10. The molecule has 4 aromatic rings. The highest BCUT2D eigenvalue weighted by Crippen LogP contribution is 2.34. The van der Waals surface area contributed by atoms with E-state index < -0.39 is 18.2 Å². The number of aliphatic hydroxyl groups is 2. The second-order valence-electron chi connectivity index (χ2n) is 15.2. The molecular formula is C45H48ClN7O7. The van der Waals surface area contributed by atoms with E-state index in [2.05, 4.69) is 17.4 Å². The summed E-state index contributed by atoms with van der Waals surface area (Å²) in [5.41, 5.74) is 5.06. The van der Waals surface area contributed by atoms with Gasteiger partial charge >= 0.3 is 0 Å². The molecule has 3 amide bonds. The molecule has 0 bridgehead atoms. The van der Waals surface area contributed by atoms with Crippen LogP contribution in [0.5, 0.6) is 11.5 Å². The van der Waals surface area contributed by atoms with Crippen LogP contribution in [0.3, 0.4) is 0 Å². The molecule has 0 spiro atoms. The summed E-state index contributed by atoms with van der Waals surface area (Å²) in [6.07, 6.45) is -0.539. The number of nitrogens with one attached hydrogen (secondary N) is 3. The predicted octanol–water partition coefficient (Wildman–Crippen LogP) is 5.02. The highest BCUT2D eigenvalue weighted by molar-refractivity contribution is 6.31. The molecule has 0 saturated carbocycles. The smallest absolute Gasteiger partial charge is 0.260 e. The van der Waals surface area contributed by atoms with Gasteiger partial charge in [0.15, 0.2) is 6.61 Å². The highest BCUT2D eigenvalue weighted by Gasteiger charge is 2.34. The molecule has 3 heterocycles. The number of halogens is 1. The fraction of sp³-hybridized carbons (Fsp3) is 0.333. The lowest BCUT2D eigenvalue weighted by atomic mass is 9.88. The molecule has 2 saturated heterocycles. The van der Waals surface area contributed by atoms with Crippen LogP contribution in [0.2, 0.25) is 5.02 Å². The van der Waals surface area contributed by atoms with Gasteiger partial charge in [-0.15, -0.1) is 0 Å². The fourth-order valence-electron chi connectivity index (χ4n) is 7.87. The number of anilines is 1. The van der Waals surface area contributed by atoms with E-state index in [0.717, 1.165) is 29.5 Å². The Labute approximate surface area is 353 Å². The number of likely N-dealkylation sites (tertiary alicyclic amines) is 2. The number of ether oxygens (including phenoxy) is 2. The van der Waals surface area contributed by atoms with Crippen molar-refractivity contribution < 1.29 is 34.1 Å². The van der Waals surface area contributed by atoms with Gasteiger partial charge in [0.05, 0.1) is 37.1 Å². The third-order valence-corrected chi connectivity index (χ3v) is 11.4. The van der Waals surface area contributed by atoms with Crippen molar-refractivity contribution in [2.75, 3.05) is 44.8 Å². The molecule has 0 aliphatic carbocycles. The van der Waals surface area contributed by atoms with Crippen molar-refractivity contribution in [3.05, 3.63) is 124 Å². The van der Waals surface area contributed by atoms with Gasteiger partial charge in [0, 0.05) is 54.4 Å². The van der Waals surface area contributed by atoms with Crippen molar-refractivity contribution in [2.45, 2.75) is 56.9 Å². The second-order valence-corrected chi connectivity index (χ2v) is 15.7. The van der Waals surface area contributed by atoms with E-state index in [1.165, 1.54) is 9.80 Å². The molecule has 5 N–H and O–H groups in total. The van der Waals surface area contributed by atoms with Crippen molar-refractivity contribution in [2.24, 2.45) is 4.99 Å². The molecule has 15 heteroatoms. The maximum absolute atomic E-state index is 13.6. The van der Waals surface area contributed by atoms with Crippen LogP contribution in [0, 0.1) is 10.8 Å². The summed E-state index contributed by atoms with van der Waals surface area (Å²) in [5, 5.41) is 40.8. The topological polar surface area (TPSA) is 192 Å². The van der Waals surface area contributed by atoms with Crippen LogP contribution in [0.1, 0.15) is 64.7 Å². The summed E-state index contributed by atoms with van der Waals surface area (Å²) < 4.78 is 11.2. The van der Waals surface area contributed by atoms with E-state index in [-0.39, 0.29) is 68.0 Å². The Morgan fingerprint density at radius 2 is 1.62 bits per heavy atom. The first-order chi connectivity index (χ1) is 28.9. The van der Waals surface area contributed by atoms with Gasteiger partial charge in [-0.2, -0.15) is 0 Å². The van der Waals surface area contributed by atoms with E-state index in [1.807, 2.05) is 35.2 Å². The molecule has 0 unspecified atom stereocenters. The first-order valence-corrected chi connectivity index (χ1v) is 20.2. The fourth-order valence-corrected chi connectivity index (χ4v) is 7.99. The average molecular weight is 834 g/mol. The summed E-state index contributed by atoms with van der Waals surface area (Å²) in [6, 6.07) is 26.5. The first kappa shape index (κ1) is 42.0. The minimum atomic E-state index is -0.972. The van der Waals surface area contributed by atoms with E-state index in [1.54, 1.807) is 62.6 Å². The van der Waals surface area contributed by atoms with Gasteiger partial charge in [-0.3, -0.25) is 35.1 Å². The largest absolute Gasteiger partial charge is 0.497 e. The van der Waals surface area contributed by atoms with Crippen molar-refractivity contribution in [3.63, 3.8) is 0 Å². The predicted molar refractivity (Wildman–Crippen MR) is 229 cm³/mol. The summed E-state index contributed by atoms with van der Waals surface area (Å²) in [5.74, 6) is 0.541. The molecule has 3 aliphatic heterocycles. The van der Waals surface area contributed by atoms with Crippen LogP contribution < -0.4 is 19.7 Å². The molecule has 0 radical (unpaired) electrons. The Morgan fingerprint density at radius 1 is 0.900 bits per heavy atom. The van der Waals surface area contributed by atoms with Gasteiger partial charge < -0.3 is 34.8 Å². The number of benzodiazepines with no additional fused rings is 1. The highest BCUT2D eigenvalue weighted by atomic mass is 35.5. The summed E-state index contributed by atoms with van der Waals surface area (Å²) >= 11 is 6.21. The summed E-state index contributed by atoms with van der Waals surface area (Å²) in [7, 11) is 1.57. The third kappa shape index (κ3) is 9.52. The molecular weight excluding hydrogens is 786 g/mol. The lowest BCUT2D eigenvalue weighted by Gasteiger charge is -2.32. The molecule has 312 valence electrons. The van der Waals surface area contributed by atoms with Crippen LogP contribution in [0.15, 0.2) is 96.0 Å². The zero-order valence-electron chi connectivity index (χ0n) is 33.4.